The molecule has 0 bridgehead atoms. The highest BCUT2D eigenvalue weighted by Crippen LogP contribution is 2.25. The van der Waals surface area contributed by atoms with Crippen LogP contribution in [0.5, 0.6) is 0 Å². The van der Waals surface area contributed by atoms with Crippen molar-refractivity contribution in [3.05, 3.63) is 62.3 Å². The van der Waals surface area contributed by atoms with Crippen molar-refractivity contribution in [1.29, 1.82) is 0 Å². The molecule has 2 heterocycles. The van der Waals surface area contributed by atoms with E-state index in [0.717, 1.165) is 18.4 Å². The smallest absolute Gasteiger partial charge is 0.318 e. The van der Waals surface area contributed by atoms with Gasteiger partial charge in [-0.25, -0.2) is 9.78 Å². The number of nitrogens with one attached hydrogen (secondary N) is 2. The SMILES string of the molecule is Cc1nc2c(c(=O)[nH]1)CN(C(=O)N[C@@H](C)c1ccc3c(c1)CCCC3)C2. The molecule has 1 aliphatic heterocycles. The first-order valence-corrected chi connectivity index (χ1v) is 9.27. The maximum atomic E-state index is 12.7. The molecular weight excluding hydrogens is 328 g/mol. The summed E-state index contributed by atoms with van der Waals surface area (Å²) >= 11 is 0. The molecule has 4 rings (SSSR count). The number of nitrogens with zero attached hydrogens (tertiary/aromatic N) is 2. The van der Waals surface area contributed by atoms with Gasteiger partial charge in [-0.15, -0.1) is 0 Å². The molecule has 0 saturated carbocycles. The van der Waals surface area contributed by atoms with E-state index in [1.54, 1.807) is 11.8 Å². The van der Waals surface area contributed by atoms with Crippen molar-refractivity contribution in [3.8, 4) is 0 Å². The number of hydrogen-bond donors (Lipinski definition) is 2. The Morgan fingerprint density at radius 1 is 1.23 bits per heavy atom. The Kier molecular flexibility index (Phi) is 4.26. The maximum Gasteiger partial charge on any atom is 0.318 e. The predicted octanol–water partition coefficient (Wildman–Crippen LogP) is 2.74. The van der Waals surface area contributed by atoms with Gasteiger partial charge in [0.25, 0.3) is 5.56 Å². The molecule has 0 radical (unpaired) electrons. The average Bonchev–Trinajstić information content (AvgIpc) is 3.05. The minimum atomic E-state index is -0.162. The zero-order valence-corrected chi connectivity index (χ0v) is 15.3. The van der Waals surface area contributed by atoms with Crippen molar-refractivity contribution < 1.29 is 4.79 Å². The fourth-order valence-electron chi connectivity index (χ4n) is 3.92. The number of aryl methyl sites for hydroxylation is 3. The molecule has 0 saturated heterocycles. The van der Waals surface area contributed by atoms with E-state index in [2.05, 4.69) is 33.5 Å². The second-order valence-electron chi connectivity index (χ2n) is 7.34. The zero-order chi connectivity index (χ0) is 18.3. The van der Waals surface area contributed by atoms with Crippen molar-refractivity contribution >= 4 is 6.03 Å². The molecular formula is C20H24N4O2. The van der Waals surface area contributed by atoms with E-state index in [4.69, 9.17) is 0 Å². The Bertz CT molecular complexity index is 919. The van der Waals surface area contributed by atoms with Gasteiger partial charge in [-0.05, 0) is 56.2 Å². The maximum absolute atomic E-state index is 12.7. The molecule has 0 spiro atoms. The third-order valence-electron chi connectivity index (χ3n) is 5.41. The van der Waals surface area contributed by atoms with Crippen molar-refractivity contribution in [2.24, 2.45) is 0 Å². The van der Waals surface area contributed by atoms with E-state index in [9.17, 15) is 9.59 Å². The normalized spacial score (nSPS) is 16.8. The second kappa shape index (κ2) is 6.59. The van der Waals surface area contributed by atoms with Crippen LogP contribution in [0.3, 0.4) is 0 Å². The minimum absolute atomic E-state index is 0.0774. The number of amides is 2. The monoisotopic (exact) mass is 352 g/mol. The van der Waals surface area contributed by atoms with Gasteiger partial charge in [-0.1, -0.05) is 18.2 Å². The fourth-order valence-corrected chi connectivity index (χ4v) is 3.92. The van der Waals surface area contributed by atoms with E-state index in [0.29, 0.717) is 30.2 Å². The quantitative estimate of drug-likeness (QED) is 0.872. The van der Waals surface area contributed by atoms with E-state index in [-0.39, 0.29) is 17.6 Å². The van der Waals surface area contributed by atoms with Crippen LogP contribution in [-0.4, -0.2) is 20.9 Å². The highest BCUT2D eigenvalue weighted by atomic mass is 16.2. The molecule has 2 N–H and O–H groups in total. The lowest BCUT2D eigenvalue weighted by Gasteiger charge is -2.22. The largest absolute Gasteiger partial charge is 0.331 e. The summed E-state index contributed by atoms with van der Waals surface area (Å²) in [5, 5.41) is 3.06. The summed E-state index contributed by atoms with van der Waals surface area (Å²) in [6, 6.07) is 6.30. The minimum Gasteiger partial charge on any atom is -0.331 e. The van der Waals surface area contributed by atoms with Crippen LogP contribution >= 0.6 is 0 Å². The number of rotatable bonds is 2. The van der Waals surface area contributed by atoms with Crippen LogP contribution in [0.1, 0.15) is 59.6 Å². The molecule has 2 aliphatic rings. The molecule has 26 heavy (non-hydrogen) atoms. The van der Waals surface area contributed by atoms with E-state index in [1.807, 2.05) is 6.92 Å². The van der Waals surface area contributed by atoms with Crippen molar-refractivity contribution in [2.45, 2.75) is 58.7 Å². The summed E-state index contributed by atoms with van der Waals surface area (Å²) in [5.41, 5.74) is 5.12. The van der Waals surface area contributed by atoms with Crippen molar-refractivity contribution in [2.75, 3.05) is 0 Å². The number of urea groups is 1. The lowest BCUT2D eigenvalue weighted by atomic mass is 9.89. The van der Waals surface area contributed by atoms with Gasteiger partial charge in [0.05, 0.1) is 30.4 Å². The topological polar surface area (TPSA) is 78.1 Å². The molecule has 6 nitrogen and oxygen atoms in total. The van der Waals surface area contributed by atoms with Crippen LogP contribution in [-0.2, 0) is 25.9 Å². The molecule has 6 heteroatoms. The molecule has 1 aromatic carbocycles. The van der Waals surface area contributed by atoms with Crippen LogP contribution in [0.4, 0.5) is 4.79 Å². The Morgan fingerprint density at radius 3 is 2.81 bits per heavy atom. The Hall–Kier alpha value is -2.63. The van der Waals surface area contributed by atoms with Crippen LogP contribution in [0.15, 0.2) is 23.0 Å². The molecule has 136 valence electrons. The standard InChI is InChI=1S/C20H24N4O2/c1-12(15-8-7-14-5-3-4-6-16(14)9-15)21-20(26)24-10-17-18(11-24)22-13(2)23-19(17)25/h7-9,12H,3-6,10-11H2,1-2H3,(H,21,26)(H,22,23,25)/t12-/m0/s1. The van der Waals surface area contributed by atoms with E-state index >= 15 is 0 Å². The molecule has 0 fully saturated rings. The second-order valence-corrected chi connectivity index (χ2v) is 7.34. The van der Waals surface area contributed by atoms with Crippen molar-refractivity contribution in [3.63, 3.8) is 0 Å². The van der Waals surface area contributed by atoms with Gasteiger partial charge in [0.15, 0.2) is 0 Å². The van der Waals surface area contributed by atoms with Gasteiger partial charge < -0.3 is 15.2 Å². The molecule has 0 unspecified atom stereocenters. The summed E-state index contributed by atoms with van der Waals surface area (Å²) < 4.78 is 0. The number of benzene rings is 1. The summed E-state index contributed by atoms with van der Waals surface area (Å²) in [6.07, 6.45) is 4.79. The van der Waals surface area contributed by atoms with Crippen LogP contribution in [0.25, 0.3) is 0 Å². The first-order chi connectivity index (χ1) is 12.5. The molecule has 1 atom stereocenters. The summed E-state index contributed by atoms with van der Waals surface area (Å²) in [6.45, 7) is 4.44. The van der Waals surface area contributed by atoms with Gasteiger partial charge in [-0.2, -0.15) is 0 Å². The zero-order valence-electron chi connectivity index (χ0n) is 15.3. The summed E-state index contributed by atoms with van der Waals surface area (Å²) in [7, 11) is 0. The number of carbonyl (C=O) groups is 1. The third kappa shape index (κ3) is 3.11. The number of hydrogen-bond acceptors (Lipinski definition) is 3. The van der Waals surface area contributed by atoms with E-state index < -0.39 is 0 Å². The fraction of sp³-hybridized carbons (Fsp3) is 0.450. The van der Waals surface area contributed by atoms with Gasteiger partial charge in [0.1, 0.15) is 5.82 Å². The third-order valence-corrected chi connectivity index (χ3v) is 5.41. The predicted molar refractivity (Wildman–Crippen MR) is 98.9 cm³/mol. The van der Waals surface area contributed by atoms with Crippen LogP contribution in [0, 0.1) is 6.92 Å². The molecule has 1 aliphatic carbocycles. The van der Waals surface area contributed by atoms with E-state index in [1.165, 1.54) is 24.0 Å². The van der Waals surface area contributed by atoms with Gasteiger partial charge >= 0.3 is 6.03 Å². The number of fused-ring (bicyclic) bond motifs is 2. The molecule has 1 aromatic heterocycles. The lowest BCUT2D eigenvalue weighted by molar-refractivity contribution is 0.195. The highest BCUT2D eigenvalue weighted by Gasteiger charge is 2.28. The van der Waals surface area contributed by atoms with Crippen LogP contribution < -0.4 is 10.9 Å². The Labute approximate surface area is 152 Å². The average molecular weight is 352 g/mol. The van der Waals surface area contributed by atoms with Gasteiger partial charge in [0, 0.05) is 0 Å². The summed E-state index contributed by atoms with van der Waals surface area (Å²) in [4.78, 5) is 33.4. The number of carbonyl (C=O) groups excluding carboxylic acids is 1. The first-order valence-electron chi connectivity index (χ1n) is 9.27. The Balaban J connectivity index is 1.45. The van der Waals surface area contributed by atoms with Crippen molar-refractivity contribution in [1.82, 2.24) is 20.2 Å². The molecule has 2 amide bonds. The summed E-state index contributed by atoms with van der Waals surface area (Å²) in [5.74, 6) is 0.582. The number of H-pyrrole nitrogens is 1. The first kappa shape index (κ1) is 16.8. The molecule has 2 aromatic rings. The van der Waals surface area contributed by atoms with Gasteiger partial charge in [-0.3, -0.25) is 4.79 Å². The number of aromatic nitrogens is 2. The van der Waals surface area contributed by atoms with Crippen LogP contribution in [0.2, 0.25) is 0 Å². The Morgan fingerprint density at radius 2 is 2.00 bits per heavy atom. The van der Waals surface area contributed by atoms with Gasteiger partial charge in [0.2, 0.25) is 0 Å². The lowest BCUT2D eigenvalue weighted by Crippen LogP contribution is -2.38. The highest BCUT2D eigenvalue weighted by molar-refractivity contribution is 5.75. The number of aromatic amines is 1.